The molecule has 0 unspecified atom stereocenters. The number of hydrogen-bond acceptors (Lipinski definition) is 3. The number of carbonyl (C=O) groups excluding carboxylic acids is 1. The first-order chi connectivity index (χ1) is 8.74. The Morgan fingerprint density at radius 3 is 2.72 bits per heavy atom. The summed E-state index contributed by atoms with van der Waals surface area (Å²) in [5.74, 6) is 0.988. The highest BCUT2D eigenvalue weighted by atomic mass is 79.9. The second-order valence-electron chi connectivity index (χ2n) is 3.51. The lowest BCUT2D eigenvalue weighted by Crippen LogP contribution is -1.90. The number of hydrogen-bond donors (Lipinski definition) is 0. The third kappa shape index (κ3) is 2.58. The van der Waals surface area contributed by atoms with Crippen LogP contribution in [0.5, 0.6) is 11.5 Å². The molecule has 18 heavy (non-hydrogen) atoms. The van der Waals surface area contributed by atoms with Crippen LogP contribution in [-0.4, -0.2) is 6.29 Å². The Balaban J connectivity index is 2.35. The van der Waals surface area contributed by atoms with Gasteiger partial charge in [-0.3, -0.25) is 4.79 Å². The number of halogens is 1. The molecule has 0 saturated carbocycles. The predicted molar refractivity (Wildman–Crippen MR) is 70.8 cm³/mol. The zero-order valence-electron chi connectivity index (χ0n) is 9.26. The Bertz CT molecular complexity index is 632. The van der Waals surface area contributed by atoms with Crippen LogP contribution in [0.15, 0.2) is 46.9 Å². The van der Waals surface area contributed by atoms with Gasteiger partial charge in [0, 0.05) is 10.0 Å². The first kappa shape index (κ1) is 12.3. The van der Waals surface area contributed by atoms with Crippen LogP contribution in [0.25, 0.3) is 0 Å². The maximum absolute atomic E-state index is 10.8. The SMILES string of the molecule is N#Cc1ccccc1Oc1ccc(Br)c(C=O)c1. The van der Waals surface area contributed by atoms with E-state index in [1.54, 1.807) is 42.5 Å². The summed E-state index contributed by atoms with van der Waals surface area (Å²) >= 11 is 3.27. The Hall–Kier alpha value is -2.12. The number of para-hydroxylation sites is 1. The fourth-order valence-corrected chi connectivity index (χ4v) is 1.79. The highest BCUT2D eigenvalue weighted by Crippen LogP contribution is 2.27. The van der Waals surface area contributed by atoms with Gasteiger partial charge in [-0.25, -0.2) is 0 Å². The smallest absolute Gasteiger partial charge is 0.151 e. The summed E-state index contributed by atoms with van der Waals surface area (Å²) in [6, 6.07) is 14.1. The van der Waals surface area contributed by atoms with Gasteiger partial charge in [0.25, 0.3) is 0 Å². The lowest BCUT2D eigenvalue weighted by Gasteiger charge is -2.08. The summed E-state index contributed by atoms with van der Waals surface area (Å²) in [6.45, 7) is 0. The molecule has 4 heteroatoms. The van der Waals surface area contributed by atoms with Crippen molar-refractivity contribution in [3.8, 4) is 17.6 Å². The second kappa shape index (κ2) is 5.48. The van der Waals surface area contributed by atoms with E-state index in [4.69, 9.17) is 10.00 Å². The van der Waals surface area contributed by atoms with Crippen molar-refractivity contribution in [2.75, 3.05) is 0 Å². The second-order valence-corrected chi connectivity index (χ2v) is 4.37. The van der Waals surface area contributed by atoms with Crippen LogP contribution in [0, 0.1) is 11.3 Å². The van der Waals surface area contributed by atoms with Gasteiger partial charge >= 0.3 is 0 Å². The Morgan fingerprint density at radius 1 is 1.22 bits per heavy atom. The minimum Gasteiger partial charge on any atom is -0.456 e. The molecule has 0 N–H and O–H groups in total. The Labute approximate surface area is 113 Å². The summed E-state index contributed by atoms with van der Waals surface area (Å²) in [7, 11) is 0. The van der Waals surface area contributed by atoms with Crippen molar-refractivity contribution in [2.24, 2.45) is 0 Å². The summed E-state index contributed by atoms with van der Waals surface area (Å²) in [5, 5.41) is 8.95. The van der Waals surface area contributed by atoms with E-state index >= 15 is 0 Å². The maximum Gasteiger partial charge on any atom is 0.151 e. The van der Waals surface area contributed by atoms with Gasteiger partial charge in [-0.05, 0) is 30.3 Å². The fourth-order valence-electron chi connectivity index (χ4n) is 1.45. The molecule has 0 radical (unpaired) electrons. The van der Waals surface area contributed by atoms with Crippen molar-refractivity contribution in [1.29, 1.82) is 5.26 Å². The molecule has 2 aromatic rings. The number of rotatable bonds is 3. The number of nitrogens with zero attached hydrogens (tertiary/aromatic N) is 1. The lowest BCUT2D eigenvalue weighted by atomic mass is 10.2. The van der Waals surface area contributed by atoms with E-state index in [0.29, 0.717) is 27.1 Å². The van der Waals surface area contributed by atoms with Gasteiger partial charge in [0.2, 0.25) is 0 Å². The van der Waals surface area contributed by atoms with E-state index in [2.05, 4.69) is 22.0 Å². The average molecular weight is 302 g/mol. The fraction of sp³-hybridized carbons (Fsp3) is 0. The van der Waals surface area contributed by atoms with Crippen molar-refractivity contribution in [2.45, 2.75) is 0 Å². The van der Waals surface area contributed by atoms with Crippen LogP contribution in [0.4, 0.5) is 0 Å². The van der Waals surface area contributed by atoms with Gasteiger partial charge in [-0.1, -0.05) is 28.1 Å². The van der Waals surface area contributed by atoms with E-state index in [1.165, 1.54) is 0 Å². The molecule has 0 aliphatic carbocycles. The van der Waals surface area contributed by atoms with Crippen molar-refractivity contribution in [3.05, 3.63) is 58.1 Å². The van der Waals surface area contributed by atoms with Gasteiger partial charge < -0.3 is 4.74 Å². The summed E-state index contributed by atoms with van der Waals surface area (Å²) in [6.07, 6.45) is 0.743. The van der Waals surface area contributed by atoms with E-state index in [1.807, 2.05) is 0 Å². The molecule has 2 rings (SSSR count). The standard InChI is InChI=1S/C14H8BrNO2/c15-13-6-5-12(7-11(13)9-17)18-14-4-2-1-3-10(14)8-16/h1-7,9H. The van der Waals surface area contributed by atoms with Gasteiger partial charge in [0.1, 0.15) is 17.6 Å². The van der Waals surface area contributed by atoms with Crippen molar-refractivity contribution < 1.29 is 9.53 Å². The normalized spacial score (nSPS) is 9.56. The third-order valence-corrected chi connectivity index (χ3v) is 3.05. The first-order valence-electron chi connectivity index (χ1n) is 5.16. The summed E-state index contributed by atoms with van der Waals surface area (Å²) < 4.78 is 6.30. The average Bonchev–Trinajstić information content (AvgIpc) is 2.41. The van der Waals surface area contributed by atoms with Crippen LogP contribution >= 0.6 is 15.9 Å². The molecule has 0 aromatic heterocycles. The number of aldehydes is 1. The number of benzene rings is 2. The number of nitriles is 1. The molecule has 0 bridgehead atoms. The minimum atomic E-state index is 0.452. The lowest BCUT2D eigenvalue weighted by molar-refractivity contribution is 0.112. The Kier molecular flexibility index (Phi) is 3.75. The summed E-state index contributed by atoms with van der Waals surface area (Å²) in [5.41, 5.74) is 0.954. The van der Waals surface area contributed by atoms with Crippen LogP contribution in [0.3, 0.4) is 0 Å². The van der Waals surface area contributed by atoms with Crippen LogP contribution in [-0.2, 0) is 0 Å². The highest BCUT2D eigenvalue weighted by Gasteiger charge is 2.05. The van der Waals surface area contributed by atoms with Gasteiger partial charge in [-0.15, -0.1) is 0 Å². The van der Waals surface area contributed by atoms with E-state index in [9.17, 15) is 4.79 Å². The van der Waals surface area contributed by atoms with Crippen molar-refractivity contribution in [3.63, 3.8) is 0 Å². The zero-order valence-corrected chi connectivity index (χ0v) is 10.8. The largest absolute Gasteiger partial charge is 0.456 e. The van der Waals surface area contributed by atoms with Crippen molar-refractivity contribution >= 4 is 22.2 Å². The minimum absolute atomic E-state index is 0.452. The molecule has 88 valence electrons. The third-order valence-electron chi connectivity index (χ3n) is 2.33. The van der Waals surface area contributed by atoms with Gasteiger partial charge in [0.15, 0.2) is 6.29 Å². The molecule has 0 aliphatic heterocycles. The molecule has 0 atom stereocenters. The predicted octanol–water partition coefficient (Wildman–Crippen LogP) is 3.93. The van der Waals surface area contributed by atoms with E-state index in [-0.39, 0.29) is 0 Å². The molecular formula is C14H8BrNO2. The topological polar surface area (TPSA) is 50.1 Å². The van der Waals surface area contributed by atoms with Crippen molar-refractivity contribution in [1.82, 2.24) is 0 Å². The van der Waals surface area contributed by atoms with E-state index in [0.717, 1.165) is 6.29 Å². The molecule has 0 amide bonds. The van der Waals surface area contributed by atoms with E-state index < -0.39 is 0 Å². The quantitative estimate of drug-likeness (QED) is 0.807. The number of ether oxygens (including phenoxy) is 1. The molecule has 0 saturated heterocycles. The van der Waals surface area contributed by atoms with Gasteiger partial charge in [-0.2, -0.15) is 5.26 Å². The molecule has 0 fully saturated rings. The first-order valence-corrected chi connectivity index (χ1v) is 5.95. The molecule has 0 heterocycles. The maximum atomic E-state index is 10.8. The number of carbonyl (C=O) groups is 1. The molecule has 0 spiro atoms. The molecule has 3 nitrogen and oxygen atoms in total. The molecule has 2 aromatic carbocycles. The Morgan fingerprint density at radius 2 is 2.00 bits per heavy atom. The summed E-state index contributed by atoms with van der Waals surface area (Å²) in [4.78, 5) is 10.8. The van der Waals surface area contributed by atoms with Gasteiger partial charge in [0.05, 0.1) is 5.56 Å². The van der Waals surface area contributed by atoms with Crippen LogP contribution in [0.2, 0.25) is 0 Å². The molecule has 0 aliphatic rings. The van der Waals surface area contributed by atoms with Crippen LogP contribution in [0.1, 0.15) is 15.9 Å². The molecular weight excluding hydrogens is 294 g/mol. The monoisotopic (exact) mass is 301 g/mol. The highest BCUT2D eigenvalue weighted by molar-refractivity contribution is 9.10. The zero-order chi connectivity index (χ0) is 13.0. The van der Waals surface area contributed by atoms with Crippen LogP contribution < -0.4 is 4.74 Å².